The Morgan fingerprint density at radius 2 is 1.82 bits per heavy atom. The number of aromatic nitrogens is 1. The Balaban J connectivity index is 1.70. The molecule has 0 amide bonds. The number of fused-ring (bicyclic) bond motifs is 1. The maximum atomic E-state index is 11.0. The Labute approximate surface area is 168 Å². The van der Waals surface area contributed by atoms with Crippen molar-refractivity contribution in [1.29, 1.82) is 0 Å². The molecule has 1 aliphatic rings. The largest absolute Gasteiger partial charge is 0.478 e. The van der Waals surface area contributed by atoms with Gasteiger partial charge in [-0.25, -0.2) is 9.78 Å². The molecule has 1 aliphatic carbocycles. The molecule has 0 spiro atoms. The molecule has 0 saturated heterocycles. The summed E-state index contributed by atoms with van der Waals surface area (Å²) in [6.07, 6.45) is 6.34. The van der Waals surface area contributed by atoms with Gasteiger partial charge in [0, 0.05) is 28.1 Å². The molecule has 1 atom stereocenters. The number of hydrogen-bond acceptors (Lipinski definition) is 3. The lowest BCUT2D eigenvalue weighted by atomic mass is 9.73. The second-order valence-electron chi connectivity index (χ2n) is 7.36. The summed E-state index contributed by atoms with van der Waals surface area (Å²) in [7, 11) is 0. The van der Waals surface area contributed by atoms with Gasteiger partial charge in [0.15, 0.2) is 0 Å². The van der Waals surface area contributed by atoms with Crippen LogP contribution in [0.15, 0.2) is 66.2 Å². The van der Waals surface area contributed by atoms with E-state index in [-0.39, 0.29) is 16.9 Å². The number of nitrogens with zero attached hydrogens (tertiary/aromatic N) is 1. The van der Waals surface area contributed by atoms with Gasteiger partial charge in [0.25, 0.3) is 0 Å². The minimum Gasteiger partial charge on any atom is -0.478 e. The molecule has 4 heteroatoms. The SMILES string of the molecule is CC1(C)C=CC(c2nccs2)c2cc(C#Cc3ccc(C(=O)O)cc3)ccc21. The van der Waals surface area contributed by atoms with Gasteiger partial charge in [-0.2, -0.15) is 0 Å². The van der Waals surface area contributed by atoms with Gasteiger partial charge in [-0.15, -0.1) is 11.3 Å². The average Bonchev–Trinajstić information content (AvgIpc) is 3.21. The van der Waals surface area contributed by atoms with Crippen LogP contribution in [0, 0.1) is 11.8 Å². The normalized spacial score (nSPS) is 16.7. The van der Waals surface area contributed by atoms with E-state index in [1.54, 1.807) is 35.6 Å². The fraction of sp³-hybridized carbons (Fsp3) is 0.167. The van der Waals surface area contributed by atoms with E-state index in [0.717, 1.165) is 16.1 Å². The molecule has 0 bridgehead atoms. The minimum absolute atomic E-state index is 0.0261. The maximum Gasteiger partial charge on any atom is 0.335 e. The lowest BCUT2D eigenvalue weighted by Gasteiger charge is -2.31. The summed E-state index contributed by atoms with van der Waals surface area (Å²) >= 11 is 1.67. The maximum absolute atomic E-state index is 11.0. The molecule has 138 valence electrons. The number of carboxylic acids is 1. The van der Waals surface area contributed by atoms with E-state index in [2.05, 4.69) is 61.0 Å². The van der Waals surface area contributed by atoms with Crippen LogP contribution in [0.4, 0.5) is 0 Å². The summed E-state index contributed by atoms with van der Waals surface area (Å²) in [5.41, 5.74) is 4.51. The molecule has 0 radical (unpaired) electrons. The summed E-state index contributed by atoms with van der Waals surface area (Å²) in [6, 6.07) is 13.0. The van der Waals surface area contributed by atoms with Crippen molar-refractivity contribution >= 4 is 17.3 Å². The quantitative estimate of drug-likeness (QED) is 0.486. The number of thiazole rings is 1. The van der Waals surface area contributed by atoms with E-state index < -0.39 is 5.97 Å². The van der Waals surface area contributed by atoms with Crippen molar-refractivity contribution in [3.8, 4) is 11.8 Å². The third-order valence-corrected chi connectivity index (χ3v) is 5.85. The number of benzene rings is 2. The zero-order valence-electron chi connectivity index (χ0n) is 15.6. The van der Waals surface area contributed by atoms with Gasteiger partial charge in [-0.05, 0) is 47.5 Å². The number of rotatable bonds is 2. The number of allylic oxidation sites excluding steroid dienone is 2. The highest BCUT2D eigenvalue weighted by molar-refractivity contribution is 7.09. The molecular formula is C24H19NO2S. The van der Waals surface area contributed by atoms with Gasteiger partial charge >= 0.3 is 5.97 Å². The van der Waals surface area contributed by atoms with Gasteiger partial charge < -0.3 is 5.11 Å². The van der Waals surface area contributed by atoms with E-state index >= 15 is 0 Å². The molecule has 1 aromatic heterocycles. The average molecular weight is 385 g/mol. The first-order chi connectivity index (χ1) is 13.4. The first kappa shape index (κ1) is 18.2. The second kappa shape index (κ2) is 7.10. The topological polar surface area (TPSA) is 50.2 Å². The van der Waals surface area contributed by atoms with Crippen LogP contribution in [0.25, 0.3) is 0 Å². The molecule has 1 N–H and O–H groups in total. The Morgan fingerprint density at radius 3 is 2.50 bits per heavy atom. The molecule has 0 saturated carbocycles. The van der Waals surface area contributed by atoms with Crippen LogP contribution in [0.3, 0.4) is 0 Å². The van der Waals surface area contributed by atoms with Crippen LogP contribution in [0.1, 0.15) is 57.4 Å². The molecule has 28 heavy (non-hydrogen) atoms. The summed E-state index contributed by atoms with van der Waals surface area (Å²) in [5.74, 6) is 5.56. The van der Waals surface area contributed by atoms with Crippen molar-refractivity contribution in [2.45, 2.75) is 25.2 Å². The van der Waals surface area contributed by atoms with Crippen molar-refractivity contribution in [3.63, 3.8) is 0 Å². The van der Waals surface area contributed by atoms with E-state index in [0.29, 0.717) is 0 Å². The van der Waals surface area contributed by atoms with E-state index in [1.165, 1.54) is 11.1 Å². The van der Waals surface area contributed by atoms with E-state index in [1.807, 2.05) is 11.6 Å². The third-order valence-electron chi connectivity index (χ3n) is 4.99. The fourth-order valence-corrected chi connectivity index (χ4v) is 4.19. The van der Waals surface area contributed by atoms with Crippen molar-refractivity contribution in [2.75, 3.05) is 0 Å². The highest BCUT2D eigenvalue weighted by Gasteiger charge is 2.30. The summed E-state index contributed by atoms with van der Waals surface area (Å²) in [6.45, 7) is 4.44. The standard InChI is InChI=1S/C24H19NO2S/c1-24(2)12-11-19(22-25-13-14-28-22)20-15-17(7-10-21(20)24)4-3-16-5-8-18(9-6-16)23(26)27/h5-15,19H,1-2H3,(H,26,27). The van der Waals surface area contributed by atoms with Crippen LogP contribution < -0.4 is 0 Å². The molecule has 3 aromatic rings. The van der Waals surface area contributed by atoms with Crippen LogP contribution >= 0.6 is 11.3 Å². The summed E-state index contributed by atoms with van der Waals surface area (Å²) < 4.78 is 0. The Hall–Kier alpha value is -3.16. The van der Waals surface area contributed by atoms with Gasteiger partial charge in [0.05, 0.1) is 11.5 Å². The van der Waals surface area contributed by atoms with Gasteiger partial charge in [-0.1, -0.05) is 43.9 Å². The van der Waals surface area contributed by atoms with Crippen molar-refractivity contribution in [1.82, 2.24) is 4.98 Å². The Bertz CT molecular complexity index is 1110. The van der Waals surface area contributed by atoms with Crippen LogP contribution in [-0.4, -0.2) is 16.1 Å². The number of aromatic carboxylic acids is 1. The minimum atomic E-state index is -0.932. The van der Waals surface area contributed by atoms with Crippen molar-refractivity contribution in [2.24, 2.45) is 0 Å². The molecule has 3 nitrogen and oxygen atoms in total. The zero-order valence-corrected chi connectivity index (χ0v) is 16.5. The summed E-state index contributed by atoms with van der Waals surface area (Å²) in [5, 5.41) is 12.1. The summed E-state index contributed by atoms with van der Waals surface area (Å²) in [4.78, 5) is 15.5. The monoisotopic (exact) mass is 385 g/mol. The van der Waals surface area contributed by atoms with Crippen LogP contribution in [0.2, 0.25) is 0 Å². The molecule has 0 aliphatic heterocycles. The highest BCUT2D eigenvalue weighted by atomic mass is 32.1. The van der Waals surface area contributed by atoms with Crippen LogP contribution in [0.5, 0.6) is 0 Å². The highest BCUT2D eigenvalue weighted by Crippen LogP contribution is 2.41. The number of carbonyl (C=O) groups is 1. The van der Waals surface area contributed by atoms with Gasteiger partial charge in [0.1, 0.15) is 5.01 Å². The second-order valence-corrected chi connectivity index (χ2v) is 8.29. The first-order valence-corrected chi connectivity index (χ1v) is 9.90. The molecule has 1 unspecified atom stereocenters. The van der Waals surface area contributed by atoms with E-state index in [9.17, 15) is 4.79 Å². The molecular weight excluding hydrogens is 366 g/mol. The fourth-order valence-electron chi connectivity index (χ4n) is 3.46. The Kier molecular flexibility index (Phi) is 4.62. The number of carboxylic acid groups (broad SMARTS) is 1. The molecule has 4 rings (SSSR count). The molecule has 0 fully saturated rings. The van der Waals surface area contributed by atoms with Gasteiger partial charge in [-0.3, -0.25) is 0 Å². The predicted octanol–water partition coefficient (Wildman–Crippen LogP) is 5.22. The lowest BCUT2D eigenvalue weighted by Crippen LogP contribution is -2.22. The van der Waals surface area contributed by atoms with Gasteiger partial charge in [0.2, 0.25) is 0 Å². The first-order valence-electron chi connectivity index (χ1n) is 9.02. The van der Waals surface area contributed by atoms with Crippen molar-refractivity contribution in [3.05, 3.63) is 99.0 Å². The van der Waals surface area contributed by atoms with E-state index in [4.69, 9.17) is 5.11 Å². The smallest absolute Gasteiger partial charge is 0.335 e. The lowest BCUT2D eigenvalue weighted by molar-refractivity contribution is 0.0697. The molecule has 1 heterocycles. The number of hydrogen-bond donors (Lipinski definition) is 1. The zero-order chi connectivity index (χ0) is 19.7. The third kappa shape index (κ3) is 3.49. The Morgan fingerprint density at radius 1 is 1.11 bits per heavy atom. The predicted molar refractivity (Wildman–Crippen MR) is 112 cm³/mol. The molecule has 2 aromatic carbocycles. The van der Waals surface area contributed by atoms with Crippen molar-refractivity contribution < 1.29 is 9.90 Å². The van der Waals surface area contributed by atoms with Crippen LogP contribution in [-0.2, 0) is 5.41 Å².